The van der Waals surface area contributed by atoms with E-state index in [0.717, 1.165) is 0 Å². The summed E-state index contributed by atoms with van der Waals surface area (Å²) in [4.78, 5) is 28.3. The molecule has 0 saturated heterocycles. The predicted molar refractivity (Wildman–Crippen MR) is 53.6 cm³/mol. The molecular weight excluding hydrogens is 214 g/mol. The third-order valence-corrected chi connectivity index (χ3v) is 1.63. The van der Waals surface area contributed by atoms with E-state index in [-0.39, 0.29) is 12.4 Å². The molecule has 0 fully saturated rings. The largest absolute Gasteiger partial charge is 0.479 e. The van der Waals surface area contributed by atoms with Crippen molar-refractivity contribution in [3.8, 4) is 0 Å². The highest BCUT2D eigenvalue weighted by Gasteiger charge is 2.24. The first-order valence-electron chi connectivity index (χ1n) is 4.41. The van der Waals surface area contributed by atoms with Gasteiger partial charge in [0.25, 0.3) is 0 Å². The molecule has 86 valence electrons. The molecule has 1 unspecified atom stereocenters. The number of carbonyl (C=O) groups excluding carboxylic acids is 1. The Hall–Kier alpha value is -2.31. The number of carboxylic acid groups (broad SMARTS) is 1. The fraction of sp³-hybridized carbons (Fsp3) is 0.222. The minimum absolute atomic E-state index is 0.0102. The normalized spacial score (nSPS) is 11.5. The van der Waals surface area contributed by atoms with Crippen LogP contribution >= 0.6 is 0 Å². The molecule has 1 aromatic rings. The van der Waals surface area contributed by atoms with Gasteiger partial charge in [-0.1, -0.05) is 12.7 Å². The molecule has 0 saturated carbocycles. The maximum absolute atomic E-state index is 11.1. The predicted octanol–water partition coefficient (Wildman–Crippen LogP) is 0.448. The van der Waals surface area contributed by atoms with Gasteiger partial charge in [-0.25, -0.2) is 14.6 Å². The van der Waals surface area contributed by atoms with Crippen molar-refractivity contribution in [3.05, 3.63) is 30.9 Å². The number of nitrogens with one attached hydrogen (secondary N) is 2. The molecule has 1 heterocycles. The van der Waals surface area contributed by atoms with Crippen molar-refractivity contribution in [1.82, 2.24) is 15.3 Å². The number of aromatic nitrogens is 2. The summed E-state index contributed by atoms with van der Waals surface area (Å²) in [5, 5.41) is 11.0. The first kappa shape index (κ1) is 11.8. The molecule has 1 aromatic heterocycles. The number of amides is 1. The summed E-state index contributed by atoms with van der Waals surface area (Å²) in [6, 6.07) is -1.26. The highest BCUT2D eigenvalue weighted by Crippen LogP contribution is 2.07. The van der Waals surface area contributed by atoms with E-state index in [1.165, 1.54) is 18.5 Å². The van der Waals surface area contributed by atoms with Crippen molar-refractivity contribution >= 4 is 12.1 Å². The van der Waals surface area contributed by atoms with Crippen LogP contribution in [-0.2, 0) is 9.53 Å². The molecule has 0 bridgehead atoms. The summed E-state index contributed by atoms with van der Waals surface area (Å²) in [5.74, 6) is -1.10. The number of hydrogen-bond acceptors (Lipinski definition) is 4. The Morgan fingerprint density at radius 3 is 3.00 bits per heavy atom. The molecule has 1 atom stereocenters. The van der Waals surface area contributed by atoms with E-state index >= 15 is 0 Å². The number of nitrogens with zero attached hydrogens (tertiary/aromatic N) is 1. The van der Waals surface area contributed by atoms with Crippen molar-refractivity contribution in [2.75, 3.05) is 6.61 Å². The number of carbonyl (C=O) groups is 2. The lowest BCUT2D eigenvalue weighted by Gasteiger charge is -2.11. The number of aromatic amines is 1. The molecule has 1 rings (SSSR count). The number of carboxylic acids is 1. The average molecular weight is 225 g/mol. The van der Waals surface area contributed by atoms with Crippen LogP contribution in [0.5, 0.6) is 0 Å². The summed E-state index contributed by atoms with van der Waals surface area (Å²) in [6.45, 7) is 3.37. The Bertz CT molecular complexity index is 374. The number of ether oxygens (including phenoxy) is 1. The molecule has 0 radical (unpaired) electrons. The van der Waals surface area contributed by atoms with Gasteiger partial charge >= 0.3 is 12.1 Å². The Morgan fingerprint density at radius 2 is 2.50 bits per heavy atom. The van der Waals surface area contributed by atoms with Gasteiger partial charge in [0.2, 0.25) is 0 Å². The molecule has 0 aromatic carbocycles. The number of rotatable bonds is 5. The van der Waals surface area contributed by atoms with Gasteiger partial charge in [-0.05, 0) is 0 Å². The summed E-state index contributed by atoms with van der Waals surface area (Å²) in [6.07, 6.45) is 3.38. The van der Waals surface area contributed by atoms with Gasteiger partial charge in [0, 0.05) is 12.4 Å². The molecule has 1 amide bonds. The van der Waals surface area contributed by atoms with Crippen LogP contribution in [0, 0.1) is 0 Å². The Labute approximate surface area is 91.1 Å². The summed E-state index contributed by atoms with van der Waals surface area (Å²) in [7, 11) is 0. The lowest BCUT2D eigenvalue weighted by atomic mass is 10.3. The molecule has 0 aliphatic carbocycles. The third kappa shape index (κ3) is 3.12. The lowest BCUT2D eigenvalue weighted by Crippen LogP contribution is -2.34. The minimum atomic E-state index is -1.26. The van der Waals surface area contributed by atoms with Gasteiger partial charge in [-0.2, -0.15) is 0 Å². The third-order valence-electron chi connectivity index (χ3n) is 1.63. The molecule has 0 aliphatic heterocycles. The van der Waals surface area contributed by atoms with E-state index < -0.39 is 18.1 Å². The Kier molecular flexibility index (Phi) is 4.07. The molecule has 0 aliphatic rings. The highest BCUT2D eigenvalue weighted by molar-refractivity contribution is 5.80. The molecule has 3 N–H and O–H groups in total. The van der Waals surface area contributed by atoms with E-state index in [4.69, 9.17) is 5.11 Å². The zero-order chi connectivity index (χ0) is 12.0. The topological polar surface area (TPSA) is 104 Å². The number of imidazole rings is 1. The van der Waals surface area contributed by atoms with Crippen LogP contribution in [0.2, 0.25) is 0 Å². The lowest BCUT2D eigenvalue weighted by molar-refractivity contribution is -0.139. The van der Waals surface area contributed by atoms with Gasteiger partial charge < -0.3 is 20.1 Å². The van der Waals surface area contributed by atoms with Gasteiger partial charge in [-0.15, -0.1) is 0 Å². The van der Waals surface area contributed by atoms with E-state index in [9.17, 15) is 9.59 Å². The summed E-state index contributed by atoms with van der Waals surface area (Å²) < 4.78 is 4.60. The maximum atomic E-state index is 11.1. The monoisotopic (exact) mass is 225 g/mol. The average Bonchev–Trinajstić information content (AvgIpc) is 2.75. The zero-order valence-corrected chi connectivity index (χ0v) is 8.34. The van der Waals surface area contributed by atoms with Crippen molar-refractivity contribution in [2.24, 2.45) is 0 Å². The SMILES string of the molecule is C=CCOC(=O)NC(C(=O)O)c1ncc[nH]1. The number of alkyl carbamates (subject to hydrolysis) is 1. The van der Waals surface area contributed by atoms with Crippen LogP contribution in [0.15, 0.2) is 25.0 Å². The second-order valence-corrected chi connectivity index (χ2v) is 2.78. The van der Waals surface area contributed by atoms with Crippen molar-refractivity contribution in [1.29, 1.82) is 0 Å². The number of H-pyrrole nitrogens is 1. The molecule has 7 heteroatoms. The van der Waals surface area contributed by atoms with Crippen molar-refractivity contribution < 1.29 is 19.4 Å². The van der Waals surface area contributed by atoms with Crippen LogP contribution in [0.4, 0.5) is 4.79 Å². The number of aliphatic carboxylic acids is 1. The van der Waals surface area contributed by atoms with Crippen LogP contribution in [0.1, 0.15) is 11.9 Å². The second kappa shape index (κ2) is 5.54. The van der Waals surface area contributed by atoms with Gasteiger partial charge in [0.1, 0.15) is 12.4 Å². The fourth-order valence-electron chi connectivity index (χ4n) is 0.977. The second-order valence-electron chi connectivity index (χ2n) is 2.78. The molecule has 0 spiro atoms. The molecule has 7 nitrogen and oxygen atoms in total. The van der Waals surface area contributed by atoms with Gasteiger partial charge in [-0.3, -0.25) is 0 Å². The van der Waals surface area contributed by atoms with Crippen molar-refractivity contribution in [3.63, 3.8) is 0 Å². The van der Waals surface area contributed by atoms with Crippen LogP contribution in [0.25, 0.3) is 0 Å². The zero-order valence-electron chi connectivity index (χ0n) is 8.34. The summed E-state index contributed by atoms with van der Waals surface area (Å²) >= 11 is 0. The van der Waals surface area contributed by atoms with Gasteiger partial charge in [0.15, 0.2) is 6.04 Å². The van der Waals surface area contributed by atoms with Crippen LogP contribution in [-0.4, -0.2) is 33.7 Å². The first-order chi connectivity index (χ1) is 7.65. The Balaban J connectivity index is 2.63. The molecule has 16 heavy (non-hydrogen) atoms. The first-order valence-corrected chi connectivity index (χ1v) is 4.41. The minimum Gasteiger partial charge on any atom is -0.479 e. The van der Waals surface area contributed by atoms with Crippen LogP contribution < -0.4 is 5.32 Å². The highest BCUT2D eigenvalue weighted by atomic mass is 16.5. The van der Waals surface area contributed by atoms with E-state index in [1.54, 1.807) is 0 Å². The van der Waals surface area contributed by atoms with E-state index in [2.05, 4.69) is 26.6 Å². The van der Waals surface area contributed by atoms with Gasteiger partial charge in [0.05, 0.1) is 0 Å². The maximum Gasteiger partial charge on any atom is 0.408 e. The Morgan fingerprint density at radius 1 is 1.75 bits per heavy atom. The molecular formula is C9H11N3O4. The summed E-state index contributed by atoms with van der Waals surface area (Å²) in [5.41, 5.74) is 0. The quantitative estimate of drug-likeness (QED) is 0.631. The van der Waals surface area contributed by atoms with Crippen molar-refractivity contribution in [2.45, 2.75) is 6.04 Å². The van der Waals surface area contributed by atoms with E-state index in [0.29, 0.717) is 0 Å². The van der Waals surface area contributed by atoms with E-state index in [1.807, 2.05) is 0 Å². The standard InChI is InChI=1S/C9H11N3O4/c1-2-5-16-9(15)12-6(8(13)14)7-10-3-4-11-7/h2-4,6H,1,5H2,(H,10,11)(H,12,15)(H,13,14). The van der Waals surface area contributed by atoms with Crippen LogP contribution in [0.3, 0.4) is 0 Å². The number of hydrogen-bond donors (Lipinski definition) is 3. The smallest absolute Gasteiger partial charge is 0.408 e. The fourth-order valence-corrected chi connectivity index (χ4v) is 0.977.